The fraction of sp³-hybridized carbons (Fsp3) is 0.714. The predicted octanol–water partition coefficient (Wildman–Crippen LogP) is 2.38. The third kappa shape index (κ3) is 2.23. The number of ether oxygens (including phenoxy) is 3. The summed E-state index contributed by atoms with van der Waals surface area (Å²) in [6.07, 6.45) is 3.95. The van der Waals surface area contributed by atoms with Gasteiger partial charge in [0.1, 0.15) is 6.10 Å². The lowest BCUT2D eigenvalue weighted by molar-refractivity contribution is -0.176. The monoisotopic (exact) mass is 390 g/mol. The molecule has 0 radical (unpaired) electrons. The van der Waals surface area contributed by atoms with Gasteiger partial charge in [-0.1, -0.05) is 6.92 Å². The maximum absolute atomic E-state index is 13.1. The van der Waals surface area contributed by atoms with Crippen molar-refractivity contribution in [2.24, 2.45) is 23.2 Å². The SMILES string of the molecule is CCOC(=O)C1CC(O)CC2C1C1CC3(OC(c4ccoc4)CC23C)C(=O)O1. The van der Waals surface area contributed by atoms with E-state index in [2.05, 4.69) is 6.92 Å². The van der Waals surface area contributed by atoms with Crippen LogP contribution < -0.4 is 0 Å². The number of esters is 2. The lowest BCUT2D eigenvalue weighted by atomic mass is 9.49. The molecule has 1 spiro atoms. The molecule has 3 heterocycles. The van der Waals surface area contributed by atoms with Crippen LogP contribution >= 0.6 is 0 Å². The van der Waals surface area contributed by atoms with Gasteiger partial charge in [0.15, 0.2) is 5.60 Å². The molecule has 2 aliphatic carbocycles. The topological polar surface area (TPSA) is 95.2 Å². The summed E-state index contributed by atoms with van der Waals surface area (Å²) >= 11 is 0. The van der Waals surface area contributed by atoms with Gasteiger partial charge in [0.2, 0.25) is 0 Å². The van der Waals surface area contributed by atoms with E-state index in [4.69, 9.17) is 18.6 Å². The van der Waals surface area contributed by atoms with Crippen molar-refractivity contribution in [2.75, 3.05) is 6.61 Å². The Morgan fingerprint density at radius 2 is 2.18 bits per heavy atom. The van der Waals surface area contributed by atoms with Crippen molar-refractivity contribution in [1.82, 2.24) is 0 Å². The third-order valence-corrected chi connectivity index (χ3v) is 7.69. The Kier molecular flexibility index (Phi) is 3.94. The average Bonchev–Trinajstić information content (AvgIpc) is 3.34. The van der Waals surface area contributed by atoms with Crippen LogP contribution in [0, 0.1) is 23.2 Å². The summed E-state index contributed by atoms with van der Waals surface area (Å²) in [6, 6.07) is 1.86. The molecule has 152 valence electrons. The van der Waals surface area contributed by atoms with Gasteiger partial charge in [-0.2, -0.15) is 0 Å². The lowest BCUT2D eigenvalue weighted by Gasteiger charge is -2.53. The van der Waals surface area contributed by atoms with Crippen molar-refractivity contribution < 1.29 is 33.3 Å². The van der Waals surface area contributed by atoms with Crippen molar-refractivity contribution in [3.8, 4) is 0 Å². The quantitative estimate of drug-likeness (QED) is 0.792. The van der Waals surface area contributed by atoms with Gasteiger partial charge in [-0.15, -0.1) is 0 Å². The molecule has 2 bridgehead atoms. The largest absolute Gasteiger partial charge is 0.472 e. The first-order valence-electron chi connectivity index (χ1n) is 10.2. The summed E-state index contributed by atoms with van der Waals surface area (Å²) < 4.78 is 22.7. The van der Waals surface area contributed by atoms with Crippen molar-refractivity contribution in [3.05, 3.63) is 24.2 Å². The fourth-order valence-electron chi connectivity index (χ4n) is 6.47. The van der Waals surface area contributed by atoms with Gasteiger partial charge in [0, 0.05) is 23.3 Å². The van der Waals surface area contributed by atoms with E-state index in [1.807, 2.05) is 6.07 Å². The molecule has 28 heavy (non-hydrogen) atoms. The van der Waals surface area contributed by atoms with Crippen LogP contribution in [0.25, 0.3) is 0 Å². The number of rotatable bonds is 3. The second-order valence-electron chi connectivity index (χ2n) is 8.93. The zero-order valence-electron chi connectivity index (χ0n) is 16.1. The second kappa shape index (κ2) is 6.07. The Balaban J connectivity index is 1.57. The van der Waals surface area contributed by atoms with Crippen LogP contribution in [0.1, 0.15) is 51.2 Å². The minimum Gasteiger partial charge on any atom is -0.472 e. The van der Waals surface area contributed by atoms with E-state index in [-0.39, 0.29) is 36.0 Å². The maximum Gasteiger partial charge on any atom is 0.339 e. The molecule has 1 aromatic heterocycles. The van der Waals surface area contributed by atoms with E-state index in [1.54, 1.807) is 19.5 Å². The first-order valence-corrected chi connectivity index (χ1v) is 10.2. The number of aliphatic hydroxyl groups is 1. The summed E-state index contributed by atoms with van der Waals surface area (Å²) in [6.45, 7) is 4.13. The molecule has 0 amide bonds. The first-order chi connectivity index (χ1) is 13.4. The molecule has 2 aliphatic heterocycles. The normalized spacial score (nSPS) is 46.6. The van der Waals surface area contributed by atoms with Gasteiger partial charge in [0.05, 0.1) is 37.3 Å². The molecule has 4 aliphatic rings. The van der Waals surface area contributed by atoms with Gasteiger partial charge in [-0.3, -0.25) is 4.79 Å². The predicted molar refractivity (Wildman–Crippen MR) is 94.8 cm³/mol. The molecule has 2 saturated carbocycles. The molecule has 0 aromatic carbocycles. The van der Waals surface area contributed by atoms with Gasteiger partial charge in [-0.05, 0) is 38.2 Å². The van der Waals surface area contributed by atoms with Crippen LogP contribution in [0.2, 0.25) is 0 Å². The van der Waals surface area contributed by atoms with Gasteiger partial charge in [-0.25, -0.2) is 4.79 Å². The summed E-state index contributed by atoms with van der Waals surface area (Å²) in [5.41, 5.74) is -0.663. The Hall–Kier alpha value is -1.86. The van der Waals surface area contributed by atoms with E-state index in [1.165, 1.54) is 0 Å². The Morgan fingerprint density at radius 3 is 2.89 bits per heavy atom. The summed E-state index contributed by atoms with van der Waals surface area (Å²) in [4.78, 5) is 25.7. The second-order valence-corrected chi connectivity index (χ2v) is 8.93. The standard InChI is InChI=1S/C21H26O7/c1-3-26-18(23)13-6-12(22)7-14-17(13)16-9-21(19(24)27-16)20(14,2)8-15(28-21)11-4-5-25-10-11/h4-5,10,12-17,22H,3,6-9H2,1-2H3. The number of hydrogen-bond donors (Lipinski definition) is 1. The first kappa shape index (κ1) is 18.2. The highest BCUT2D eigenvalue weighted by Crippen LogP contribution is 2.69. The molecule has 7 nitrogen and oxygen atoms in total. The van der Waals surface area contributed by atoms with E-state index < -0.39 is 23.0 Å². The summed E-state index contributed by atoms with van der Waals surface area (Å²) in [5.74, 6) is -1.32. The van der Waals surface area contributed by atoms with Crippen LogP contribution in [0.15, 0.2) is 23.0 Å². The van der Waals surface area contributed by atoms with Gasteiger partial charge >= 0.3 is 11.9 Å². The molecule has 2 saturated heterocycles. The van der Waals surface area contributed by atoms with Crippen LogP contribution in [0.5, 0.6) is 0 Å². The Labute approximate surface area is 163 Å². The number of fused-ring (bicyclic) bond motifs is 4. The summed E-state index contributed by atoms with van der Waals surface area (Å²) in [7, 11) is 0. The molecule has 1 N–H and O–H groups in total. The smallest absolute Gasteiger partial charge is 0.339 e. The zero-order valence-corrected chi connectivity index (χ0v) is 16.1. The molecular formula is C21H26O7. The highest BCUT2D eigenvalue weighted by molar-refractivity contribution is 5.85. The average molecular weight is 390 g/mol. The van der Waals surface area contributed by atoms with E-state index in [0.717, 1.165) is 5.56 Å². The molecular weight excluding hydrogens is 364 g/mol. The molecule has 5 rings (SSSR count). The molecule has 4 fully saturated rings. The fourth-order valence-corrected chi connectivity index (χ4v) is 6.47. The highest BCUT2D eigenvalue weighted by Gasteiger charge is 2.76. The number of hydrogen-bond acceptors (Lipinski definition) is 7. The van der Waals surface area contributed by atoms with Crippen molar-refractivity contribution >= 4 is 11.9 Å². The van der Waals surface area contributed by atoms with Gasteiger partial charge < -0.3 is 23.7 Å². The van der Waals surface area contributed by atoms with Crippen LogP contribution in [-0.2, 0) is 23.8 Å². The number of carbonyl (C=O) groups is 2. The Morgan fingerprint density at radius 1 is 1.36 bits per heavy atom. The number of furan rings is 1. The number of carbonyl (C=O) groups excluding carboxylic acids is 2. The Bertz CT molecular complexity index is 789. The van der Waals surface area contributed by atoms with Crippen molar-refractivity contribution in [3.63, 3.8) is 0 Å². The molecule has 8 unspecified atom stereocenters. The van der Waals surface area contributed by atoms with E-state index in [9.17, 15) is 14.7 Å². The maximum atomic E-state index is 13.1. The van der Waals surface area contributed by atoms with Crippen LogP contribution in [0.4, 0.5) is 0 Å². The van der Waals surface area contributed by atoms with Gasteiger partial charge in [0.25, 0.3) is 0 Å². The zero-order chi connectivity index (χ0) is 19.7. The molecule has 1 aromatic rings. The number of aliphatic hydroxyl groups excluding tert-OH is 1. The molecule has 8 atom stereocenters. The summed E-state index contributed by atoms with van der Waals surface area (Å²) in [5, 5.41) is 10.6. The molecule has 7 heteroatoms. The minimum absolute atomic E-state index is 0.0623. The van der Waals surface area contributed by atoms with Crippen molar-refractivity contribution in [2.45, 2.75) is 63.4 Å². The van der Waals surface area contributed by atoms with Crippen LogP contribution in [0.3, 0.4) is 0 Å². The van der Waals surface area contributed by atoms with E-state index >= 15 is 0 Å². The van der Waals surface area contributed by atoms with Crippen LogP contribution in [-0.4, -0.2) is 41.5 Å². The lowest BCUT2D eigenvalue weighted by Crippen LogP contribution is -2.60. The third-order valence-electron chi connectivity index (χ3n) is 7.69. The van der Waals surface area contributed by atoms with E-state index in [0.29, 0.717) is 32.3 Å². The van der Waals surface area contributed by atoms with Crippen molar-refractivity contribution in [1.29, 1.82) is 0 Å². The minimum atomic E-state index is -1.03. The highest BCUT2D eigenvalue weighted by atomic mass is 16.6.